The van der Waals surface area contributed by atoms with Gasteiger partial charge < -0.3 is 9.64 Å². The van der Waals surface area contributed by atoms with Gasteiger partial charge in [0.1, 0.15) is 0 Å². The number of carbonyl (C=O) groups is 2. The highest BCUT2D eigenvalue weighted by atomic mass is 35.5. The van der Waals surface area contributed by atoms with Crippen molar-refractivity contribution in [3.05, 3.63) is 29.3 Å². The minimum absolute atomic E-state index is 0.0231. The Balaban J connectivity index is 2.32. The molecule has 1 amide bonds. The molecule has 0 radical (unpaired) electrons. The lowest BCUT2D eigenvalue weighted by Crippen LogP contribution is -2.43. The Morgan fingerprint density at radius 2 is 2.17 bits per heavy atom. The number of hydrogen-bond donors (Lipinski definition) is 1. The molecule has 1 N–H and O–H groups in total. The zero-order chi connectivity index (χ0) is 17.0. The van der Waals surface area contributed by atoms with Gasteiger partial charge in [0.15, 0.2) is 0 Å². The number of carbonyl (C=O) groups excluding carboxylic acids is 2. The number of ether oxygens (including phenoxy) is 1. The monoisotopic (exact) mass is 338 g/mol. The van der Waals surface area contributed by atoms with E-state index in [1.165, 1.54) is 0 Å². The smallest absolute Gasteiger partial charge is 0.338 e. The molecule has 1 heterocycles. The number of hydrogen-bond acceptors (Lipinski definition) is 4. The molecule has 0 saturated carbocycles. The molecule has 126 valence electrons. The van der Waals surface area contributed by atoms with Gasteiger partial charge in [-0.15, -0.1) is 0 Å². The second-order valence-electron chi connectivity index (χ2n) is 5.90. The molecule has 1 aromatic rings. The molecular weight excluding hydrogens is 316 g/mol. The van der Waals surface area contributed by atoms with Crippen LogP contribution in [0.4, 0.5) is 5.69 Å². The fourth-order valence-corrected chi connectivity index (χ4v) is 3.17. The van der Waals surface area contributed by atoms with Crippen LogP contribution in [-0.2, 0) is 9.53 Å². The van der Waals surface area contributed by atoms with Crippen molar-refractivity contribution in [3.63, 3.8) is 0 Å². The molecule has 2 rings (SSSR count). The van der Waals surface area contributed by atoms with Crippen molar-refractivity contribution in [2.75, 3.05) is 11.5 Å². The fourth-order valence-electron chi connectivity index (χ4n) is 2.97. The van der Waals surface area contributed by atoms with E-state index in [2.05, 4.69) is 4.84 Å². The maximum Gasteiger partial charge on any atom is 0.338 e. The number of halogens is 1. The van der Waals surface area contributed by atoms with E-state index in [0.717, 1.165) is 24.1 Å². The average molecular weight is 339 g/mol. The summed E-state index contributed by atoms with van der Waals surface area (Å²) in [5, 5.41) is 0. The van der Waals surface area contributed by atoms with E-state index in [-0.39, 0.29) is 24.0 Å². The third-order valence-corrected chi connectivity index (χ3v) is 4.38. The normalized spacial score (nSPS) is 20.1. The van der Waals surface area contributed by atoms with Gasteiger partial charge >= 0.3 is 5.97 Å². The van der Waals surface area contributed by atoms with Crippen LogP contribution in [0.5, 0.6) is 0 Å². The zero-order valence-corrected chi connectivity index (χ0v) is 14.5. The lowest BCUT2D eigenvalue weighted by Gasteiger charge is -2.38. The quantitative estimate of drug-likeness (QED) is 0.506. The van der Waals surface area contributed by atoms with Crippen molar-refractivity contribution >= 4 is 29.3 Å². The molecule has 2 atom stereocenters. The van der Waals surface area contributed by atoms with Gasteiger partial charge in [0.2, 0.25) is 5.91 Å². The third-order valence-electron chi connectivity index (χ3n) is 4.12. The van der Waals surface area contributed by atoms with Gasteiger partial charge in [-0.1, -0.05) is 13.3 Å². The Labute approximate surface area is 142 Å². The second-order valence-corrected chi connectivity index (χ2v) is 6.12. The maximum absolute atomic E-state index is 12.1. The molecule has 0 bridgehead atoms. The summed E-state index contributed by atoms with van der Waals surface area (Å²) in [6, 6.07) is 5.20. The molecule has 1 aromatic carbocycles. The number of nitrogens with one attached hydrogen (secondary N) is 1. The average Bonchev–Trinajstić information content (AvgIpc) is 2.53. The Morgan fingerprint density at radius 3 is 2.78 bits per heavy atom. The molecule has 5 nitrogen and oxygen atoms in total. The SMILES string of the molecule is CCCCOC(=O)c1ccc2c(c1)[C@H](NCl)C[C@H](C)N2C(C)=O. The largest absolute Gasteiger partial charge is 0.462 e. The van der Waals surface area contributed by atoms with E-state index in [1.807, 2.05) is 13.8 Å². The number of esters is 1. The summed E-state index contributed by atoms with van der Waals surface area (Å²) in [6.07, 6.45) is 2.50. The number of fused-ring (bicyclic) bond motifs is 1. The molecule has 0 fully saturated rings. The molecule has 23 heavy (non-hydrogen) atoms. The van der Waals surface area contributed by atoms with E-state index in [4.69, 9.17) is 16.5 Å². The lowest BCUT2D eigenvalue weighted by atomic mass is 9.91. The molecule has 1 aliphatic heterocycles. The van der Waals surface area contributed by atoms with Crippen LogP contribution in [0, 0.1) is 0 Å². The minimum atomic E-state index is -0.345. The summed E-state index contributed by atoms with van der Waals surface area (Å²) in [7, 11) is 0. The second kappa shape index (κ2) is 7.79. The number of rotatable bonds is 5. The molecule has 1 aliphatic rings. The predicted molar refractivity (Wildman–Crippen MR) is 90.6 cm³/mol. The van der Waals surface area contributed by atoms with Gasteiger partial charge in [0.25, 0.3) is 0 Å². The molecular formula is C17H23ClN2O3. The van der Waals surface area contributed by atoms with Gasteiger partial charge in [-0.25, -0.2) is 9.63 Å². The van der Waals surface area contributed by atoms with Crippen molar-refractivity contribution in [1.82, 2.24) is 4.84 Å². The summed E-state index contributed by atoms with van der Waals surface area (Å²) in [5.74, 6) is -0.368. The number of amides is 1. The van der Waals surface area contributed by atoms with Crippen LogP contribution in [0.3, 0.4) is 0 Å². The lowest BCUT2D eigenvalue weighted by molar-refractivity contribution is -0.117. The van der Waals surface area contributed by atoms with Gasteiger partial charge in [-0.05, 0) is 55.3 Å². The summed E-state index contributed by atoms with van der Waals surface area (Å²) >= 11 is 5.87. The molecule has 0 unspecified atom stereocenters. The highest BCUT2D eigenvalue weighted by Crippen LogP contribution is 2.38. The first kappa shape index (κ1) is 17.8. The topological polar surface area (TPSA) is 58.6 Å². The molecule has 0 saturated heterocycles. The number of anilines is 1. The minimum Gasteiger partial charge on any atom is -0.462 e. The van der Waals surface area contributed by atoms with Crippen molar-refractivity contribution < 1.29 is 14.3 Å². The third kappa shape index (κ3) is 3.85. The summed E-state index contributed by atoms with van der Waals surface area (Å²) in [5.41, 5.74) is 2.12. The first-order valence-electron chi connectivity index (χ1n) is 7.96. The van der Waals surface area contributed by atoms with E-state index < -0.39 is 0 Å². The van der Waals surface area contributed by atoms with E-state index >= 15 is 0 Å². The number of unbranched alkanes of at least 4 members (excludes halogenated alkanes) is 1. The summed E-state index contributed by atoms with van der Waals surface area (Å²) in [4.78, 5) is 28.6. The van der Waals surface area contributed by atoms with Gasteiger partial charge in [-0.3, -0.25) is 4.79 Å². The van der Waals surface area contributed by atoms with E-state index in [0.29, 0.717) is 18.6 Å². The zero-order valence-electron chi connectivity index (χ0n) is 13.8. The van der Waals surface area contributed by atoms with Gasteiger partial charge in [0.05, 0.1) is 18.2 Å². The van der Waals surface area contributed by atoms with Crippen molar-refractivity contribution in [1.29, 1.82) is 0 Å². The number of nitrogens with zero attached hydrogens (tertiary/aromatic N) is 1. The molecule has 0 spiro atoms. The predicted octanol–water partition coefficient (Wildman–Crippen LogP) is 3.57. The number of benzene rings is 1. The van der Waals surface area contributed by atoms with Gasteiger partial charge in [-0.2, -0.15) is 0 Å². The Hall–Kier alpha value is -1.59. The van der Waals surface area contributed by atoms with Crippen LogP contribution < -0.4 is 9.74 Å². The molecule has 0 aliphatic carbocycles. The van der Waals surface area contributed by atoms with Crippen LogP contribution in [0.15, 0.2) is 18.2 Å². The van der Waals surface area contributed by atoms with Crippen LogP contribution in [0.2, 0.25) is 0 Å². The standard InChI is InChI=1S/C17H23ClN2O3/c1-4-5-8-23-17(22)13-6-7-16-14(10-13)15(19-18)9-11(2)20(16)12(3)21/h6-7,10-11,15,19H,4-5,8-9H2,1-3H3/t11-,15+/m0/s1. The van der Waals surface area contributed by atoms with Crippen LogP contribution in [-0.4, -0.2) is 24.5 Å². The van der Waals surface area contributed by atoms with Crippen LogP contribution in [0.25, 0.3) is 0 Å². The van der Waals surface area contributed by atoms with E-state index in [1.54, 1.807) is 30.0 Å². The molecule has 6 heteroatoms. The summed E-state index contributed by atoms with van der Waals surface area (Å²) < 4.78 is 5.25. The van der Waals surface area contributed by atoms with Crippen molar-refractivity contribution in [2.24, 2.45) is 0 Å². The maximum atomic E-state index is 12.1. The Bertz CT molecular complexity index is 591. The van der Waals surface area contributed by atoms with Crippen LogP contribution in [0.1, 0.15) is 62.0 Å². The Morgan fingerprint density at radius 1 is 1.43 bits per heavy atom. The first-order valence-corrected chi connectivity index (χ1v) is 8.34. The fraction of sp³-hybridized carbons (Fsp3) is 0.529. The summed E-state index contributed by atoms with van der Waals surface area (Å²) in [6.45, 7) is 5.99. The highest BCUT2D eigenvalue weighted by molar-refractivity contribution is 6.13. The molecule has 0 aromatic heterocycles. The van der Waals surface area contributed by atoms with E-state index in [9.17, 15) is 9.59 Å². The Kier molecular flexibility index (Phi) is 6.02. The first-order chi connectivity index (χ1) is 11.0. The van der Waals surface area contributed by atoms with Crippen molar-refractivity contribution in [2.45, 2.75) is 52.1 Å². The van der Waals surface area contributed by atoms with Gasteiger partial charge in [0, 0.05) is 18.7 Å². The van der Waals surface area contributed by atoms with Crippen LogP contribution >= 0.6 is 11.8 Å². The van der Waals surface area contributed by atoms with Crippen molar-refractivity contribution in [3.8, 4) is 0 Å². The highest BCUT2D eigenvalue weighted by Gasteiger charge is 2.32.